The molecule has 0 fully saturated rings. The first kappa shape index (κ1) is 15.7. The molecular formula is C11H14ClNO5S. The number of sulfone groups is 1. The number of alkyl halides is 1. The summed E-state index contributed by atoms with van der Waals surface area (Å²) in [7, 11) is -3.75. The van der Waals surface area contributed by atoms with E-state index in [1.807, 2.05) is 0 Å². The van der Waals surface area contributed by atoms with Crippen molar-refractivity contribution in [3.05, 3.63) is 28.3 Å². The van der Waals surface area contributed by atoms with Crippen molar-refractivity contribution >= 4 is 27.1 Å². The SMILES string of the molecule is CCOc1cccc(S(=O)(=O)CCCCl)c1[N+](=O)[O-]. The van der Waals surface area contributed by atoms with Crippen LogP contribution in [0, 0.1) is 10.1 Å². The molecule has 0 radical (unpaired) electrons. The van der Waals surface area contributed by atoms with Crippen molar-refractivity contribution in [3.63, 3.8) is 0 Å². The van der Waals surface area contributed by atoms with E-state index in [1.54, 1.807) is 6.92 Å². The number of nitrogens with zero attached hydrogens (tertiary/aromatic N) is 1. The second-order valence-electron chi connectivity index (χ2n) is 3.65. The predicted molar refractivity (Wildman–Crippen MR) is 71.7 cm³/mol. The molecule has 0 atom stereocenters. The molecule has 0 aliphatic carbocycles. The van der Waals surface area contributed by atoms with Gasteiger partial charge in [-0.1, -0.05) is 6.07 Å². The Bertz CT molecular complexity index is 558. The molecule has 0 aliphatic rings. The van der Waals surface area contributed by atoms with E-state index < -0.39 is 20.4 Å². The lowest BCUT2D eigenvalue weighted by Gasteiger charge is -2.08. The van der Waals surface area contributed by atoms with Crippen molar-refractivity contribution in [2.75, 3.05) is 18.2 Å². The standard InChI is InChI=1S/C11H14ClNO5S/c1-2-18-9-5-3-6-10(11(9)13(14)15)19(16,17)8-4-7-12/h3,5-6H,2,4,7-8H2,1H3. The fourth-order valence-electron chi connectivity index (χ4n) is 1.56. The van der Waals surface area contributed by atoms with Crippen molar-refractivity contribution in [3.8, 4) is 5.75 Å². The molecule has 0 bridgehead atoms. The number of halogens is 1. The van der Waals surface area contributed by atoms with Gasteiger partial charge in [0, 0.05) is 5.88 Å². The quantitative estimate of drug-likeness (QED) is 0.438. The number of ether oxygens (including phenoxy) is 1. The predicted octanol–water partition coefficient (Wildman–Crippen LogP) is 2.40. The Labute approximate surface area is 116 Å². The third kappa shape index (κ3) is 3.81. The molecule has 0 saturated carbocycles. The monoisotopic (exact) mass is 307 g/mol. The van der Waals surface area contributed by atoms with E-state index in [4.69, 9.17) is 16.3 Å². The molecule has 0 aromatic heterocycles. The lowest BCUT2D eigenvalue weighted by Crippen LogP contribution is -2.11. The highest BCUT2D eigenvalue weighted by Crippen LogP contribution is 2.34. The molecule has 1 rings (SSSR count). The Morgan fingerprint density at radius 1 is 1.42 bits per heavy atom. The normalized spacial score (nSPS) is 11.3. The molecule has 6 nitrogen and oxygen atoms in total. The van der Waals surface area contributed by atoms with Gasteiger partial charge in [-0.3, -0.25) is 10.1 Å². The van der Waals surface area contributed by atoms with Gasteiger partial charge in [0.1, 0.15) is 4.90 Å². The first-order valence-electron chi connectivity index (χ1n) is 5.63. The van der Waals surface area contributed by atoms with Gasteiger partial charge in [-0.2, -0.15) is 0 Å². The minimum atomic E-state index is -3.75. The van der Waals surface area contributed by atoms with Crippen LogP contribution in [0.15, 0.2) is 23.1 Å². The minimum Gasteiger partial charge on any atom is -0.487 e. The van der Waals surface area contributed by atoms with Gasteiger partial charge in [0.2, 0.25) is 0 Å². The van der Waals surface area contributed by atoms with Crippen LogP contribution in [0.5, 0.6) is 5.75 Å². The number of nitro benzene ring substituents is 1. The van der Waals surface area contributed by atoms with Gasteiger partial charge >= 0.3 is 5.69 Å². The minimum absolute atomic E-state index is 0.0422. The van der Waals surface area contributed by atoms with Crippen LogP contribution in [0.1, 0.15) is 13.3 Å². The zero-order valence-corrected chi connectivity index (χ0v) is 11.9. The van der Waals surface area contributed by atoms with Crippen molar-refractivity contribution in [2.24, 2.45) is 0 Å². The summed E-state index contributed by atoms with van der Waals surface area (Å²) >= 11 is 5.46. The summed E-state index contributed by atoms with van der Waals surface area (Å²) in [6.07, 6.45) is 0.236. The lowest BCUT2D eigenvalue weighted by molar-refractivity contribution is -0.388. The Balaban J connectivity index is 3.34. The van der Waals surface area contributed by atoms with Crippen LogP contribution in [0.25, 0.3) is 0 Å². The molecule has 0 saturated heterocycles. The number of hydrogen-bond donors (Lipinski definition) is 0. The first-order valence-corrected chi connectivity index (χ1v) is 7.81. The van der Waals surface area contributed by atoms with E-state index in [0.717, 1.165) is 0 Å². The zero-order chi connectivity index (χ0) is 14.5. The van der Waals surface area contributed by atoms with E-state index >= 15 is 0 Å². The first-order chi connectivity index (χ1) is 8.94. The maximum Gasteiger partial charge on any atom is 0.329 e. The summed E-state index contributed by atoms with van der Waals surface area (Å²) in [6.45, 7) is 1.88. The highest BCUT2D eigenvalue weighted by Gasteiger charge is 2.29. The molecule has 106 valence electrons. The lowest BCUT2D eigenvalue weighted by atomic mass is 10.3. The van der Waals surface area contributed by atoms with Crippen molar-refractivity contribution in [1.82, 2.24) is 0 Å². The van der Waals surface area contributed by atoms with Gasteiger partial charge in [0.15, 0.2) is 15.6 Å². The van der Waals surface area contributed by atoms with Gasteiger partial charge in [0.05, 0.1) is 17.3 Å². The molecule has 0 heterocycles. The van der Waals surface area contributed by atoms with Crippen molar-refractivity contribution in [2.45, 2.75) is 18.2 Å². The van der Waals surface area contributed by atoms with E-state index in [-0.39, 0.29) is 35.3 Å². The average Bonchev–Trinajstić information content (AvgIpc) is 2.36. The number of benzene rings is 1. The molecule has 0 aliphatic heterocycles. The summed E-state index contributed by atoms with van der Waals surface area (Å²) in [5.41, 5.74) is -0.515. The van der Waals surface area contributed by atoms with Gasteiger partial charge in [0.25, 0.3) is 0 Å². The van der Waals surface area contributed by atoms with Crippen LogP contribution in [-0.4, -0.2) is 31.6 Å². The van der Waals surface area contributed by atoms with Crippen LogP contribution in [0.4, 0.5) is 5.69 Å². The van der Waals surface area contributed by atoms with Crippen LogP contribution < -0.4 is 4.74 Å². The summed E-state index contributed by atoms with van der Waals surface area (Å²) in [5.74, 6) is -0.0927. The summed E-state index contributed by atoms with van der Waals surface area (Å²) < 4.78 is 29.2. The van der Waals surface area contributed by atoms with Crippen molar-refractivity contribution < 1.29 is 18.1 Å². The maximum absolute atomic E-state index is 12.1. The zero-order valence-electron chi connectivity index (χ0n) is 10.3. The van der Waals surface area contributed by atoms with Gasteiger partial charge in [-0.25, -0.2) is 8.42 Å². The molecular weight excluding hydrogens is 294 g/mol. The molecule has 0 spiro atoms. The molecule has 0 unspecified atom stereocenters. The molecule has 19 heavy (non-hydrogen) atoms. The topological polar surface area (TPSA) is 86.5 Å². The molecule has 1 aromatic carbocycles. The molecule has 0 amide bonds. The molecule has 1 aromatic rings. The Hall–Kier alpha value is -1.34. The number of rotatable bonds is 7. The van der Waals surface area contributed by atoms with Crippen LogP contribution in [0.3, 0.4) is 0 Å². The second kappa shape index (κ2) is 6.72. The molecule has 0 N–H and O–H groups in total. The number of hydrogen-bond acceptors (Lipinski definition) is 5. The van der Waals surface area contributed by atoms with Crippen molar-refractivity contribution in [1.29, 1.82) is 0 Å². The van der Waals surface area contributed by atoms with Crippen LogP contribution in [0.2, 0.25) is 0 Å². The highest BCUT2D eigenvalue weighted by molar-refractivity contribution is 7.91. The molecule has 8 heteroatoms. The van der Waals surface area contributed by atoms with Crippen LogP contribution >= 0.6 is 11.6 Å². The Morgan fingerprint density at radius 2 is 2.11 bits per heavy atom. The third-order valence-electron chi connectivity index (χ3n) is 2.33. The third-order valence-corrected chi connectivity index (χ3v) is 4.42. The summed E-state index contributed by atoms with van der Waals surface area (Å²) in [6, 6.07) is 4.01. The average molecular weight is 308 g/mol. The second-order valence-corrected chi connectivity index (χ2v) is 6.11. The van der Waals surface area contributed by atoms with E-state index in [2.05, 4.69) is 0 Å². The fourth-order valence-corrected chi connectivity index (χ4v) is 3.35. The smallest absolute Gasteiger partial charge is 0.329 e. The van der Waals surface area contributed by atoms with E-state index in [9.17, 15) is 18.5 Å². The van der Waals surface area contributed by atoms with Crippen LogP contribution in [-0.2, 0) is 9.84 Å². The highest BCUT2D eigenvalue weighted by atomic mass is 35.5. The Kier molecular flexibility index (Phi) is 5.56. The van der Waals surface area contributed by atoms with Gasteiger partial charge < -0.3 is 4.74 Å². The maximum atomic E-state index is 12.1. The fraction of sp³-hybridized carbons (Fsp3) is 0.455. The summed E-state index contributed by atoms with van der Waals surface area (Å²) in [4.78, 5) is 10.0. The van der Waals surface area contributed by atoms with E-state index in [1.165, 1.54) is 18.2 Å². The Morgan fingerprint density at radius 3 is 2.63 bits per heavy atom. The van der Waals surface area contributed by atoms with Gasteiger partial charge in [-0.15, -0.1) is 11.6 Å². The number of para-hydroxylation sites is 1. The van der Waals surface area contributed by atoms with E-state index in [0.29, 0.717) is 0 Å². The van der Waals surface area contributed by atoms with Gasteiger partial charge in [-0.05, 0) is 25.5 Å². The summed E-state index contributed by atoms with van der Waals surface area (Å²) in [5, 5.41) is 11.1. The largest absolute Gasteiger partial charge is 0.487 e. The number of nitro groups is 1.